The number of hydrogen-bond donors (Lipinski definition) is 1. The van der Waals surface area contributed by atoms with E-state index in [2.05, 4.69) is 16.2 Å². The van der Waals surface area contributed by atoms with Crippen molar-refractivity contribution in [2.24, 2.45) is 0 Å². The van der Waals surface area contributed by atoms with Gasteiger partial charge in [-0.25, -0.2) is 33.0 Å². The number of carbonyl (C=O) groups excluding carboxylic acids is 2. The number of hydrogen-bond acceptors (Lipinski definition) is 12. The summed E-state index contributed by atoms with van der Waals surface area (Å²) in [6.45, 7) is 1.47. The van der Waals surface area contributed by atoms with Gasteiger partial charge in [0.2, 0.25) is 6.79 Å². The summed E-state index contributed by atoms with van der Waals surface area (Å²) in [5.74, 6) is -3.49. The number of likely N-dealkylation sites (N-methyl/N-ethyl adjacent to an activating group) is 1. The molecule has 0 saturated carbocycles. The molecule has 0 saturated heterocycles. The Morgan fingerprint density at radius 3 is 2.62 bits per heavy atom. The second-order valence-corrected chi connectivity index (χ2v) is 12.2. The van der Waals surface area contributed by atoms with Crippen LogP contribution in [0, 0.1) is 23.0 Å². The number of nitrogens with zero attached hydrogens (tertiary/aromatic N) is 6. The molecule has 1 N–H and O–H groups in total. The summed E-state index contributed by atoms with van der Waals surface area (Å²) in [5.41, 5.74) is 0.655. The number of halogens is 2. The zero-order chi connectivity index (χ0) is 35.7. The summed E-state index contributed by atoms with van der Waals surface area (Å²) < 4.78 is 47.5. The molecule has 2 atom stereocenters. The quantitative estimate of drug-likeness (QED) is 0.113. The Hall–Kier alpha value is -5.56. The molecule has 0 aliphatic carbocycles. The highest BCUT2D eigenvalue weighted by Crippen LogP contribution is 2.45. The van der Waals surface area contributed by atoms with Crippen molar-refractivity contribution in [3.05, 3.63) is 124 Å². The first-order chi connectivity index (χ1) is 24.1. The van der Waals surface area contributed by atoms with Crippen LogP contribution in [0.2, 0.25) is 0 Å². The molecule has 0 amide bonds. The van der Waals surface area contributed by atoms with Gasteiger partial charge in [-0.1, -0.05) is 31.2 Å². The van der Waals surface area contributed by atoms with Gasteiger partial charge >= 0.3 is 12.1 Å². The minimum atomic E-state index is -1.93. The molecule has 0 spiro atoms. The van der Waals surface area contributed by atoms with Crippen LogP contribution in [0.5, 0.6) is 0 Å². The summed E-state index contributed by atoms with van der Waals surface area (Å²) in [6.07, 6.45) is 1.29. The van der Waals surface area contributed by atoms with Crippen LogP contribution in [0.15, 0.2) is 84.8 Å². The van der Waals surface area contributed by atoms with Gasteiger partial charge in [0.1, 0.15) is 29.3 Å². The van der Waals surface area contributed by atoms with E-state index in [0.29, 0.717) is 35.4 Å². The first-order valence-electron chi connectivity index (χ1n) is 15.3. The molecule has 0 fully saturated rings. The molecule has 3 aromatic carbocycles. The number of thiazole rings is 1. The van der Waals surface area contributed by atoms with Crippen molar-refractivity contribution in [2.75, 3.05) is 27.0 Å². The Balaban J connectivity index is 1.40. The van der Waals surface area contributed by atoms with Gasteiger partial charge in [0.05, 0.1) is 42.0 Å². The molecule has 2 unspecified atom stereocenters. The van der Waals surface area contributed by atoms with E-state index in [1.165, 1.54) is 34.7 Å². The molecule has 15 heteroatoms. The van der Waals surface area contributed by atoms with Crippen LogP contribution >= 0.6 is 11.3 Å². The summed E-state index contributed by atoms with van der Waals surface area (Å²) in [4.78, 5) is 36.7. The van der Waals surface area contributed by atoms with E-state index < -0.39 is 42.1 Å². The molecular formula is C35H32F2N6O6S. The molecule has 5 rings (SSSR count). The number of aliphatic hydroxyl groups excluding tert-OH is 1. The topological polar surface area (TPSA) is 153 Å². The maximum Gasteiger partial charge on any atom is 0.512 e. The fourth-order valence-corrected chi connectivity index (χ4v) is 6.27. The van der Waals surface area contributed by atoms with Crippen molar-refractivity contribution >= 4 is 23.5 Å². The third kappa shape index (κ3) is 8.53. The minimum absolute atomic E-state index is 0.0121. The second-order valence-electron chi connectivity index (χ2n) is 11.3. The lowest BCUT2D eigenvalue weighted by Gasteiger charge is -2.37. The van der Waals surface area contributed by atoms with Crippen molar-refractivity contribution < 1.29 is 37.7 Å². The van der Waals surface area contributed by atoms with Gasteiger partial charge in [-0.2, -0.15) is 10.4 Å². The zero-order valence-electron chi connectivity index (χ0n) is 27.0. The largest absolute Gasteiger partial charge is 0.512 e. The standard InChI is InChI=1S/C35H32F2N6O6S/c1-23(32-41-31(18-50-32)26-8-6-24(16-38)7-9-26)35(19-43-21-39-20-40-43,29-11-10-28(36)15-30(29)37)49-34(46)48-22-47-33(45)27-5-3-4-25(14-27)17-42(2)12-13-44/h3-11,14-15,18,20-21,23,44H,12-13,17,19,22H2,1-2H3. The maximum absolute atomic E-state index is 15.7. The highest BCUT2D eigenvalue weighted by atomic mass is 32.1. The number of aliphatic hydroxyl groups is 1. The predicted molar refractivity (Wildman–Crippen MR) is 176 cm³/mol. The van der Waals surface area contributed by atoms with E-state index in [1.54, 1.807) is 54.8 Å². The number of carbonyl (C=O) groups is 2. The summed E-state index contributed by atoms with van der Waals surface area (Å²) in [6, 6.07) is 18.4. The Bertz CT molecular complexity index is 1970. The van der Waals surface area contributed by atoms with Crippen LogP contribution in [-0.2, 0) is 32.9 Å². The van der Waals surface area contributed by atoms with Gasteiger partial charge in [-0.3, -0.25) is 4.90 Å². The van der Waals surface area contributed by atoms with E-state index >= 15 is 4.39 Å². The Morgan fingerprint density at radius 1 is 1.12 bits per heavy atom. The number of aromatic nitrogens is 4. The number of esters is 1. The third-order valence-electron chi connectivity index (χ3n) is 7.88. The molecular weight excluding hydrogens is 670 g/mol. The zero-order valence-corrected chi connectivity index (χ0v) is 27.8. The molecule has 258 valence electrons. The summed E-state index contributed by atoms with van der Waals surface area (Å²) in [7, 11) is 1.82. The average Bonchev–Trinajstić information content (AvgIpc) is 3.81. The van der Waals surface area contributed by atoms with Gasteiger partial charge in [-0.15, -0.1) is 11.3 Å². The average molecular weight is 703 g/mol. The van der Waals surface area contributed by atoms with E-state index in [9.17, 15) is 14.0 Å². The SMILES string of the molecule is CC(c1nc(-c2ccc(C#N)cc2)cs1)C(Cn1cncn1)(OC(=O)OCOC(=O)c1cccc(CN(C)CCO)c1)c1ccc(F)cc1F. The summed E-state index contributed by atoms with van der Waals surface area (Å²) >= 11 is 1.22. The molecule has 12 nitrogen and oxygen atoms in total. The van der Waals surface area contributed by atoms with Crippen LogP contribution in [0.25, 0.3) is 11.3 Å². The molecule has 5 aromatic rings. The molecule has 2 heterocycles. The number of nitriles is 1. The van der Waals surface area contributed by atoms with Crippen LogP contribution in [0.1, 0.15) is 44.9 Å². The molecule has 0 aliphatic rings. The minimum Gasteiger partial charge on any atom is -0.424 e. The first kappa shape index (κ1) is 35.7. The van der Waals surface area contributed by atoms with E-state index in [4.69, 9.17) is 29.6 Å². The highest BCUT2D eigenvalue weighted by molar-refractivity contribution is 7.10. The van der Waals surface area contributed by atoms with Gasteiger partial charge < -0.3 is 19.3 Å². The maximum atomic E-state index is 15.7. The molecule has 0 radical (unpaired) electrons. The van der Waals surface area contributed by atoms with Crippen molar-refractivity contribution in [1.29, 1.82) is 5.26 Å². The number of benzene rings is 3. The van der Waals surface area contributed by atoms with Crippen molar-refractivity contribution in [1.82, 2.24) is 24.6 Å². The lowest BCUT2D eigenvalue weighted by atomic mass is 9.81. The molecule has 0 aliphatic heterocycles. The molecule has 0 bridgehead atoms. The summed E-state index contributed by atoms with van der Waals surface area (Å²) in [5, 5.41) is 24.6. The van der Waals surface area contributed by atoms with Crippen molar-refractivity contribution in [3.63, 3.8) is 0 Å². The smallest absolute Gasteiger partial charge is 0.424 e. The van der Waals surface area contributed by atoms with Gasteiger partial charge in [0.25, 0.3) is 0 Å². The lowest BCUT2D eigenvalue weighted by Crippen LogP contribution is -2.43. The van der Waals surface area contributed by atoms with Crippen LogP contribution in [0.3, 0.4) is 0 Å². The van der Waals surface area contributed by atoms with E-state index in [1.807, 2.05) is 18.0 Å². The highest BCUT2D eigenvalue weighted by Gasteiger charge is 2.47. The molecule has 2 aromatic heterocycles. The monoisotopic (exact) mass is 702 g/mol. The second kappa shape index (κ2) is 16.2. The lowest BCUT2D eigenvalue weighted by molar-refractivity contribution is -0.0881. The number of rotatable bonds is 14. The van der Waals surface area contributed by atoms with E-state index in [-0.39, 0.29) is 24.3 Å². The Labute approximate surface area is 290 Å². The van der Waals surface area contributed by atoms with Crippen LogP contribution in [-0.4, -0.2) is 68.9 Å². The Morgan fingerprint density at radius 2 is 1.92 bits per heavy atom. The van der Waals surface area contributed by atoms with Crippen molar-refractivity contribution in [2.45, 2.75) is 31.5 Å². The van der Waals surface area contributed by atoms with Gasteiger partial charge in [0.15, 0.2) is 5.60 Å². The predicted octanol–water partition coefficient (Wildman–Crippen LogP) is 5.64. The first-order valence-corrected chi connectivity index (χ1v) is 16.1. The van der Waals surface area contributed by atoms with Gasteiger partial charge in [0, 0.05) is 35.7 Å². The molecule has 50 heavy (non-hydrogen) atoms. The van der Waals surface area contributed by atoms with Gasteiger partial charge in [-0.05, 0) is 49.0 Å². The van der Waals surface area contributed by atoms with Crippen LogP contribution < -0.4 is 0 Å². The fourth-order valence-electron chi connectivity index (χ4n) is 5.30. The Kier molecular flexibility index (Phi) is 11.6. The normalized spacial score (nSPS) is 12.9. The number of ether oxygens (including phenoxy) is 3. The fraction of sp³-hybridized carbons (Fsp3) is 0.257. The van der Waals surface area contributed by atoms with E-state index in [0.717, 1.165) is 17.2 Å². The van der Waals surface area contributed by atoms with Crippen molar-refractivity contribution in [3.8, 4) is 17.3 Å². The third-order valence-corrected chi connectivity index (χ3v) is 8.91. The van der Waals surface area contributed by atoms with Crippen LogP contribution in [0.4, 0.5) is 13.6 Å².